The number of hydrogen-bond donors (Lipinski definition) is 1. The summed E-state index contributed by atoms with van der Waals surface area (Å²) < 4.78 is 5.59. The zero-order valence-electron chi connectivity index (χ0n) is 13.3. The van der Waals surface area contributed by atoms with Gasteiger partial charge < -0.3 is 9.73 Å². The van der Waals surface area contributed by atoms with Gasteiger partial charge in [0.2, 0.25) is 17.7 Å². The van der Waals surface area contributed by atoms with Crippen LogP contribution in [0.4, 0.5) is 0 Å². The predicted octanol–water partition coefficient (Wildman–Crippen LogP) is 2.33. The number of carbonyl (C=O) groups is 1. The Bertz CT molecular complexity index is 626. The van der Waals surface area contributed by atoms with Crippen LogP contribution in [0.15, 0.2) is 21.2 Å². The number of amides is 1. The molecule has 1 atom stereocenters. The van der Waals surface area contributed by atoms with Gasteiger partial charge >= 0.3 is 0 Å². The summed E-state index contributed by atoms with van der Waals surface area (Å²) in [5, 5.41) is 15.0. The van der Waals surface area contributed by atoms with Crippen molar-refractivity contribution in [3.63, 3.8) is 0 Å². The van der Waals surface area contributed by atoms with Crippen LogP contribution in [-0.4, -0.2) is 46.7 Å². The maximum absolute atomic E-state index is 12.0. The van der Waals surface area contributed by atoms with Crippen molar-refractivity contribution < 1.29 is 9.21 Å². The lowest BCUT2D eigenvalue weighted by atomic mass is 10.2. The number of thiophene rings is 1. The SMILES string of the molecule is CCN1CCC[C@@H]1CNC(=O)CCc1nnc(-c2ccsc2)o1. The van der Waals surface area contributed by atoms with Crippen LogP contribution in [-0.2, 0) is 11.2 Å². The van der Waals surface area contributed by atoms with Crippen LogP contribution in [0.3, 0.4) is 0 Å². The van der Waals surface area contributed by atoms with Crippen LogP contribution >= 0.6 is 11.3 Å². The third-order valence-corrected chi connectivity index (χ3v) is 4.92. The lowest BCUT2D eigenvalue weighted by Crippen LogP contribution is -2.40. The summed E-state index contributed by atoms with van der Waals surface area (Å²) in [6.45, 7) is 5.09. The van der Waals surface area contributed by atoms with Gasteiger partial charge in [-0.2, -0.15) is 11.3 Å². The molecule has 6 nitrogen and oxygen atoms in total. The van der Waals surface area contributed by atoms with E-state index in [1.807, 2.05) is 16.8 Å². The van der Waals surface area contributed by atoms with E-state index in [4.69, 9.17) is 4.42 Å². The Morgan fingerprint density at radius 3 is 3.22 bits per heavy atom. The Balaban J connectivity index is 1.42. The van der Waals surface area contributed by atoms with E-state index in [-0.39, 0.29) is 5.91 Å². The molecule has 0 radical (unpaired) electrons. The monoisotopic (exact) mass is 334 g/mol. The van der Waals surface area contributed by atoms with E-state index in [1.165, 1.54) is 12.8 Å². The van der Waals surface area contributed by atoms with E-state index >= 15 is 0 Å². The summed E-state index contributed by atoms with van der Waals surface area (Å²) in [7, 11) is 0. The van der Waals surface area contributed by atoms with Gasteiger partial charge in [-0.15, -0.1) is 10.2 Å². The van der Waals surface area contributed by atoms with Crippen LogP contribution in [0.25, 0.3) is 11.5 Å². The van der Waals surface area contributed by atoms with Crippen LogP contribution in [0.2, 0.25) is 0 Å². The topological polar surface area (TPSA) is 71.3 Å². The van der Waals surface area contributed by atoms with Gasteiger partial charge in [-0.1, -0.05) is 6.92 Å². The molecule has 1 aliphatic heterocycles. The van der Waals surface area contributed by atoms with E-state index < -0.39 is 0 Å². The second kappa shape index (κ2) is 7.70. The van der Waals surface area contributed by atoms with E-state index in [0.29, 0.717) is 30.7 Å². The summed E-state index contributed by atoms with van der Waals surface area (Å²) in [6.07, 6.45) is 3.25. The molecule has 1 amide bonds. The predicted molar refractivity (Wildman–Crippen MR) is 89.2 cm³/mol. The molecule has 1 N–H and O–H groups in total. The normalized spacial score (nSPS) is 18.4. The maximum Gasteiger partial charge on any atom is 0.248 e. The van der Waals surface area contributed by atoms with Crippen molar-refractivity contribution in [2.75, 3.05) is 19.6 Å². The molecule has 1 aliphatic rings. The Labute approximate surface area is 139 Å². The number of hydrogen-bond acceptors (Lipinski definition) is 6. The molecule has 0 aliphatic carbocycles. The van der Waals surface area contributed by atoms with Gasteiger partial charge in [-0.25, -0.2) is 0 Å². The fourth-order valence-electron chi connectivity index (χ4n) is 2.94. The Morgan fingerprint density at radius 2 is 2.43 bits per heavy atom. The van der Waals surface area contributed by atoms with Crippen molar-refractivity contribution in [3.05, 3.63) is 22.7 Å². The first-order chi connectivity index (χ1) is 11.3. The van der Waals surface area contributed by atoms with E-state index in [2.05, 4.69) is 27.3 Å². The summed E-state index contributed by atoms with van der Waals surface area (Å²) in [6, 6.07) is 2.42. The van der Waals surface area contributed by atoms with Crippen molar-refractivity contribution in [2.24, 2.45) is 0 Å². The Kier molecular flexibility index (Phi) is 5.40. The lowest BCUT2D eigenvalue weighted by molar-refractivity contribution is -0.121. The first kappa shape index (κ1) is 16.1. The summed E-state index contributed by atoms with van der Waals surface area (Å²) >= 11 is 1.59. The maximum atomic E-state index is 12.0. The molecule has 7 heteroatoms. The molecule has 0 saturated carbocycles. The lowest BCUT2D eigenvalue weighted by Gasteiger charge is -2.22. The second-order valence-corrected chi connectivity index (χ2v) is 6.52. The third kappa shape index (κ3) is 4.17. The molecule has 23 heavy (non-hydrogen) atoms. The average Bonchev–Trinajstić information content (AvgIpc) is 3.31. The molecule has 3 rings (SSSR count). The average molecular weight is 334 g/mol. The van der Waals surface area contributed by atoms with Gasteiger partial charge in [-0.3, -0.25) is 9.69 Å². The molecule has 2 aromatic heterocycles. The highest BCUT2D eigenvalue weighted by Gasteiger charge is 2.23. The molecule has 0 spiro atoms. The number of rotatable bonds is 7. The molecule has 2 aromatic rings. The minimum Gasteiger partial charge on any atom is -0.421 e. The largest absolute Gasteiger partial charge is 0.421 e. The highest BCUT2D eigenvalue weighted by atomic mass is 32.1. The summed E-state index contributed by atoms with van der Waals surface area (Å²) in [5.41, 5.74) is 0.930. The van der Waals surface area contributed by atoms with Crippen molar-refractivity contribution in [1.29, 1.82) is 0 Å². The number of nitrogens with one attached hydrogen (secondary N) is 1. The summed E-state index contributed by atoms with van der Waals surface area (Å²) in [5.74, 6) is 1.08. The van der Waals surface area contributed by atoms with Gasteiger partial charge in [0, 0.05) is 36.4 Å². The Morgan fingerprint density at radius 1 is 1.52 bits per heavy atom. The van der Waals surface area contributed by atoms with Crippen LogP contribution in [0, 0.1) is 0 Å². The highest BCUT2D eigenvalue weighted by Crippen LogP contribution is 2.20. The van der Waals surface area contributed by atoms with Crippen LogP contribution < -0.4 is 5.32 Å². The second-order valence-electron chi connectivity index (χ2n) is 5.74. The molecule has 0 unspecified atom stereocenters. The fourth-order valence-corrected chi connectivity index (χ4v) is 3.57. The molecule has 0 aromatic carbocycles. The zero-order valence-corrected chi connectivity index (χ0v) is 14.1. The van der Waals surface area contributed by atoms with Crippen LogP contribution in [0.1, 0.15) is 32.1 Å². The standard InChI is InChI=1S/C16H22N4O2S/c1-2-20-8-3-4-13(20)10-17-14(21)5-6-15-18-19-16(22-15)12-7-9-23-11-12/h7,9,11,13H,2-6,8,10H2,1H3,(H,17,21)/t13-/m1/s1. The van der Waals surface area contributed by atoms with Crippen molar-refractivity contribution in [1.82, 2.24) is 20.4 Å². The quantitative estimate of drug-likeness (QED) is 0.841. The smallest absolute Gasteiger partial charge is 0.248 e. The minimum atomic E-state index is 0.0447. The molecule has 0 bridgehead atoms. The molecular formula is C16H22N4O2S. The van der Waals surface area contributed by atoms with E-state index in [9.17, 15) is 4.79 Å². The van der Waals surface area contributed by atoms with Crippen LogP contribution in [0.5, 0.6) is 0 Å². The minimum absolute atomic E-state index is 0.0447. The van der Waals surface area contributed by atoms with Crippen molar-refractivity contribution >= 4 is 17.2 Å². The first-order valence-electron chi connectivity index (χ1n) is 8.12. The van der Waals surface area contributed by atoms with Gasteiger partial charge in [0.25, 0.3) is 0 Å². The fraction of sp³-hybridized carbons (Fsp3) is 0.562. The van der Waals surface area contributed by atoms with Gasteiger partial charge in [0.1, 0.15) is 0 Å². The number of likely N-dealkylation sites (tertiary alicyclic amines) is 1. The number of nitrogens with zero attached hydrogens (tertiary/aromatic N) is 3. The van der Waals surface area contributed by atoms with Crippen molar-refractivity contribution in [3.8, 4) is 11.5 Å². The van der Waals surface area contributed by atoms with E-state index in [0.717, 1.165) is 25.2 Å². The number of aromatic nitrogens is 2. The Hall–Kier alpha value is -1.73. The van der Waals surface area contributed by atoms with Gasteiger partial charge in [-0.05, 0) is 37.4 Å². The van der Waals surface area contributed by atoms with Gasteiger partial charge in [0.05, 0.1) is 0 Å². The molecule has 1 saturated heterocycles. The molecule has 3 heterocycles. The zero-order chi connectivity index (χ0) is 16.1. The third-order valence-electron chi connectivity index (χ3n) is 4.24. The molecule has 1 fully saturated rings. The molecule has 124 valence electrons. The summed E-state index contributed by atoms with van der Waals surface area (Å²) in [4.78, 5) is 14.4. The number of likely N-dealkylation sites (N-methyl/N-ethyl adjacent to an activating group) is 1. The number of carbonyl (C=O) groups excluding carboxylic acids is 1. The highest BCUT2D eigenvalue weighted by molar-refractivity contribution is 7.08. The first-order valence-corrected chi connectivity index (χ1v) is 9.06. The van der Waals surface area contributed by atoms with E-state index in [1.54, 1.807) is 11.3 Å². The number of aryl methyl sites for hydroxylation is 1. The van der Waals surface area contributed by atoms with Gasteiger partial charge in [0.15, 0.2) is 0 Å². The van der Waals surface area contributed by atoms with Crippen molar-refractivity contribution in [2.45, 2.75) is 38.6 Å². The molecular weight excluding hydrogens is 312 g/mol.